The average molecular weight is 245 g/mol. The SMILES string of the molecule is CSCC[C@@](C)(O)CNC(=O)C1CCCC1. The molecule has 1 fully saturated rings. The zero-order chi connectivity index (χ0) is 12.0. The van der Waals surface area contributed by atoms with E-state index in [0.29, 0.717) is 6.54 Å². The fourth-order valence-electron chi connectivity index (χ4n) is 2.02. The largest absolute Gasteiger partial charge is 0.388 e. The van der Waals surface area contributed by atoms with Crippen molar-refractivity contribution in [3.63, 3.8) is 0 Å². The second kappa shape index (κ2) is 6.50. The molecule has 94 valence electrons. The Kier molecular flexibility index (Phi) is 5.62. The Balaban J connectivity index is 2.24. The number of rotatable bonds is 6. The zero-order valence-corrected chi connectivity index (χ0v) is 11.1. The van der Waals surface area contributed by atoms with E-state index in [2.05, 4.69) is 5.32 Å². The van der Waals surface area contributed by atoms with Crippen LogP contribution in [0, 0.1) is 5.92 Å². The molecule has 1 amide bonds. The van der Waals surface area contributed by atoms with Crippen molar-refractivity contribution in [1.29, 1.82) is 0 Å². The topological polar surface area (TPSA) is 49.3 Å². The summed E-state index contributed by atoms with van der Waals surface area (Å²) in [5, 5.41) is 12.9. The van der Waals surface area contributed by atoms with Crippen molar-refractivity contribution in [2.45, 2.75) is 44.6 Å². The molecule has 1 saturated carbocycles. The monoisotopic (exact) mass is 245 g/mol. The number of hydrogen-bond acceptors (Lipinski definition) is 3. The number of nitrogens with one attached hydrogen (secondary N) is 1. The Morgan fingerprint density at radius 3 is 2.69 bits per heavy atom. The highest BCUT2D eigenvalue weighted by atomic mass is 32.2. The van der Waals surface area contributed by atoms with Crippen LogP contribution in [0.4, 0.5) is 0 Å². The second-order valence-electron chi connectivity index (χ2n) is 4.94. The normalized spacial score (nSPS) is 20.7. The van der Waals surface area contributed by atoms with Crippen molar-refractivity contribution in [3.05, 3.63) is 0 Å². The fraction of sp³-hybridized carbons (Fsp3) is 0.917. The molecule has 0 saturated heterocycles. The highest BCUT2D eigenvalue weighted by molar-refractivity contribution is 7.98. The van der Waals surface area contributed by atoms with Gasteiger partial charge in [0.1, 0.15) is 0 Å². The molecule has 0 aliphatic heterocycles. The molecule has 2 N–H and O–H groups in total. The van der Waals surface area contributed by atoms with Crippen LogP contribution < -0.4 is 5.32 Å². The molecule has 0 spiro atoms. The van der Waals surface area contributed by atoms with Gasteiger partial charge in [0.05, 0.1) is 5.60 Å². The Hall–Kier alpha value is -0.220. The maximum atomic E-state index is 11.7. The van der Waals surface area contributed by atoms with Crippen LogP contribution in [0.1, 0.15) is 39.0 Å². The Labute approximate surface area is 102 Å². The number of hydrogen-bond donors (Lipinski definition) is 2. The summed E-state index contributed by atoms with van der Waals surface area (Å²) in [6.45, 7) is 2.17. The lowest BCUT2D eigenvalue weighted by Crippen LogP contribution is -2.42. The van der Waals surface area contributed by atoms with Crippen LogP contribution in [0.3, 0.4) is 0 Å². The molecular formula is C12H23NO2S. The number of carbonyl (C=O) groups excluding carboxylic acids is 1. The minimum absolute atomic E-state index is 0.127. The van der Waals surface area contributed by atoms with E-state index in [0.717, 1.165) is 25.0 Å². The van der Waals surface area contributed by atoms with Gasteiger partial charge in [-0.25, -0.2) is 0 Å². The lowest BCUT2D eigenvalue weighted by molar-refractivity contribution is -0.125. The van der Waals surface area contributed by atoms with Crippen molar-refractivity contribution >= 4 is 17.7 Å². The maximum absolute atomic E-state index is 11.7. The highest BCUT2D eigenvalue weighted by Crippen LogP contribution is 2.24. The van der Waals surface area contributed by atoms with Crippen LogP contribution in [-0.4, -0.2) is 35.2 Å². The maximum Gasteiger partial charge on any atom is 0.223 e. The first-order valence-corrected chi connectivity index (χ1v) is 7.43. The van der Waals surface area contributed by atoms with E-state index in [4.69, 9.17) is 0 Å². The van der Waals surface area contributed by atoms with Gasteiger partial charge in [0, 0.05) is 12.5 Å². The predicted octanol–water partition coefficient (Wildman–Crippen LogP) is 1.80. The molecular weight excluding hydrogens is 222 g/mol. The van der Waals surface area contributed by atoms with Gasteiger partial charge in [-0.1, -0.05) is 12.8 Å². The lowest BCUT2D eigenvalue weighted by Gasteiger charge is -2.24. The van der Waals surface area contributed by atoms with Crippen LogP contribution in [0.2, 0.25) is 0 Å². The molecule has 0 aromatic rings. The summed E-state index contributed by atoms with van der Waals surface area (Å²) in [6, 6.07) is 0. The summed E-state index contributed by atoms with van der Waals surface area (Å²) in [4.78, 5) is 11.7. The quantitative estimate of drug-likeness (QED) is 0.750. The van der Waals surface area contributed by atoms with Gasteiger partial charge >= 0.3 is 0 Å². The van der Waals surface area contributed by atoms with Gasteiger partial charge in [0.25, 0.3) is 0 Å². The summed E-state index contributed by atoms with van der Waals surface area (Å²) in [5.74, 6) is 1.24. The van der Waals surface area contributed by atoms with Gasteiger partial charge in [-0.3, -0.25) is 4.79 Å². The summed E-state index contributed by atoms with van der Waals surface area (Å²) in [5.41, 5.74) is -0.767. The van der Waals surface area contributed by atoms with Crippen LogP contribution in [0.15, 0.2) is 0 Å². The van der Waals surface area contributed by atoms with Gasteiger partial charge in [0.2, 0.25) is 5.91 Å². The van der Waals surface area contributed by atoms with Gasteiger partial charge in [-0.05, 0) is 38.2 Å². The van der Waals surface area contributed by atoms with Crippen molar-refractivity contribution in [1.82, 2.24) is 5.32 Å². The van der Waals surface area contributed by atoms with Crippen LogP contribution in [0.25, 0.3) is 0 Å². The van der Waals surface area contributed by atoms with Gasteiger partial charge in [0.15, 0.2) is 0 Å². The van der Waals surface area contributed by atoms with E-state index in [9.17, 15) is 9.90 Å². The Morgan fingerprint density at radius 2 is 2.12 bits per heavy atom. The van der Waals surface area contributed by atoms with E-state index in [1.807, 2.05) is 6.26 Å². The molecule has 0 aromatic carbocycles. The molecule has 4 heteroatoms. The first kappa shape index (κ1) is 13.8. The van der Waals surface area contributed by atoms with E-state index < -0.39 is 5.60 Å². The molecule has 3 nitrogen and oxygen atoms in total. The third kappa shape index (κ3) is 4.74. The lowest BCUT2D eigenvalue weighted by atomic mass is 10.0. The minimum atomic E-state index is -0.767. The molecule has 16 heavy (non-hydrogen) atoms. The molecule has 0 bridgehead atoms. The van der Waals surface area contributed by atoms with Crippen molar-refractivity contribution in [3.8, 4) is 0 Å². The van der Waals surface area contributed by atoms with E-state index in [1.165, 1.54) is 12.8 Å². The first-order chi connectivity index (χ1) is 7.55. The molecule has 0 aromatic heterocycles. The first-order valence-electron chi connectivity index (χ1n) is 6.04. The number of amides is 1. The van der Waals surface area contributed by atoms with E-state index >= 15 is 0 Å². The second-order valence-corrected chi connectivity index (χ2v) is 5.92. The van der Waals surface area contributed by atoms with Crippen LogP contribution in [-0.2, 0) is 4.79 Å². The summed E-state index contributed by atoms with van der Waals surface area (Å²) >= 11 is 1.72. The molecule has 0 heterocycles. The van der Waals surface area contributed by atoms with Gasteiger partial charge in [-0.15, -0.1) is 0 Å². The van der Waals surface area contributed by atoms with Gasteiger partial charge < -0.3 is 10.4 Å². The zero-order valence-electron chi connectivity index (χ0n) is 10.3. The summed E-state index contributed by atoms with van der Waals surface area (Å²) in [7, 11) is 0. The molecule has 0 unspecified atom stereocenters. The predicted molar refractivity (Wildman–Crippen MR) is 68.6 cm³/mol. The van der Waals surface area contributed by atoms with Crippen LogP contribution >= 0.6 is 11.8 Å². The van der Waals surface area contributed by atoms with Crippen molar-refractivity contribution < 1.29 is 9.90 Å². The van der Waals surface area contributed by atoms with Crippen LogP contribution in [0.5, 0.6) is 0 Å². The van der Waals surface area contributed by atoms with Crippen molar-refractivity contribution in [2.24, 2.45) is 5.92 Å². The smallest absolute Gasteiger partial charge is 0.223 e. The number of aliphatic hydroxyl groups is 1. The van der Waals surface area contributed by atoms with Crippen molar-refractivity contribution in [2.75, 3.05) is 18.6 Å². The molecule has 0 radical (unpaired) electrons. The minimum Gasteiger partial charge on any atom is -0.388 e. The Morgan fingerprint density at radius 1 is 1.50 bits per heavy atom. The molecule has 1 aliphatic carbocycles. The third-order valence-corrected chi connectivity index (χ3v) is 3.83. The molecule has 1 rings (SSSR count). The third-order valence-electron chi connectivity index (χ3n) is 3.21. The summed E-state index contributed by atoms with van der Waals surface area (Å²) in [6.07, 6.45) is 7.10. The average Bonchev–Trinajstić information content (AvgIpc) is 2.77. The molecule has 1 atom stereocenters. The number of thioether (sulfide) groups is 1. The Bertz CT molecular complexity index is 225. The fourth-order valence-corrected chi connectivity index (χ4v) is 2.66. The van der Waals surface area contributed by atoms with E-state index in [-0.39, 0.29) is 11.8 Å². The number of carbonyl (C=O) groups is 1. The standard InChI is InChI=1S/C12H23NO2S/c1-12(15,7-8-16-2)9-13-11(14)10-5-3-4-6-10/h10,15H,3-9H2,1-2H3,(H,13,14)/t12-/m1/s1. The van der Waals surface area contributed by atoms with Gasteiger partial charge in [-0.2, -0.15) is 11.8 Å². The van der Waals surface area contributed by atoms with E-state index in [1.54, 1.807) is 18.7 Å². The summed E-state index contributed by atoms with van der Waals surface area (Å²) < 4.78 is 0. The highest BCUT2D eigenvalue weighted by Gasteiger charge is 2.25. The molecule has 1 aliphatic rings.